The van der Waals surface area contributed by atoms with Crippen molar-refractivity contribution in [3.63, 3.8) is 0 Å². The summed E-state index contributed by atoms with van der Waals surface area (Å²) in [7, 11) is 0. The predicted molar refractivity (Wildman–Crippen MR) is 79.1 cm³/mol. The van der Waals surface area contributed by atoms with Gasteiger partial charge in [-0.05, 0) is 49.6 Å². The molecule has 21 heavy (non-hydrogen) atoms. The summed E-state index contributed by atoms with van der Waals surface area (Å²) >= 11 is 0. The summed E-state index contributed by atoms with van der Waals surface area (Å²) in [5.41, 5.74) is 1.75. The molecule has 0 heterocycles. The van der Waals surface area contributed by atoms with E-state index >= 15 is 0 Å². The average Bonchev–Trinajstić information content (AvgIpc) is 2.45. The second-order valence-corrected chi connectivity index (χ2v) is 4.43. The molecule has 0 amide bonds. The molecule has 1 rings (SSSR count). The zero-order chi connectivity index (χ0) is 15.7. The van der Waals surface area contributed by atoms with Crippen LogP contribution in [0.5, 0.6) is 0 Å². The Morgan fingerprint density at radius 3 is 2.86 bits per heavy atom. The Balaban J connectivity index is 2.72. The number of hydrogen-bond donors (Lipinski definition) is 1. The van der Waals surface area contributed by atoms with Crippen molar-refractivity contribution in [2.75, 3.05) is 13.2 Å². The van der Waals surface area contributed by atoms with E-state index in [4.69, 9.17) is 9.84 Å². The Morgan fingerprint density at radius 1 is 1.48 bits per heavy atom. The standard InChI is InChI=1S/C17H19FO3/c1-3-21-17(20)9-8-15-7-6-14(12-16(15)18)5-4-13(2)10-11-19/h6-7,10,12,19H,3,8-9,11H2,1-2H3/b13-10-. The molecule has 112 valence electrons. The zero-order valence-corrected chi connectivity index (χ0v) is 12.3. The number of rotatable bonds is 5. The number of aryl methyl sites for hydroxylation is 1. The number of esters is 1. The summed E-state index contributed by atoms with van der Waals surface area (Å²) in [4.78, 5) is 11.2. The first-order valence-corrected chi connectivity index (χ1v) is 6.80. The number of hydrogen-bond acceptors (Lipinski definition) is 3. The van der Waals surface area contributed by atoms with Crippen LogP contribution in [-0.4, -0.2) is 24.3 Å². The van der Waals surface area contributed by atoms with E-state index in [1.165, 1.54) is 6.07 Å². The molecule has 1 aromatic rings. The topological polar surface area (TPSA) is 46.5 Å². The molecular formula is C17H19FO3. The highest BCUT2D eigenvalue weighted by molar-refractivity contribution is 5.69. The summed E-state index contributed by atoms with van der Waals surface area (Å²) in [6.07, 6.45) is 2.05. The highest BCUT2D eigenvalue weighted by Gasteiger charge is 2.07. The van der Waals surface area contributed by atoms with Gasteiger partial charge in [-0.2, -0.15) is 0 Å². The molecule has 1 aromatic carbocycles. The molecule has 0 aliphatic heterocycles. The summed E-state index contributed by atoms with van der Waals surface area (Å²) < 4.78 is 18.7. The minimum Gasteiger partial charge on any atom is -0.466 e. The first kappa shape index (κ1) is 16.9. The molecule has 0 aromatic heterocycles. The van der Waals surface area contributed by atoms with Gasteiger partial charge in [0.25, 0.3) is 0 Å². The van der Waals surface area contributed by atoms with Crippen molar-refractivity contribution in [1.29, 1.82) is 0 Å². The molecule has 0 unspecified atom stereocenters. The van der Waals surface area contributed by atoms with Crippen molar-refractivity contribution >= 4 is 5.97 Å². The minimum atomic E-state index is -0.380. The van der Waals surface area contributed by atoms with E-state index in [2.05, 4.69) is 11.8 Å². The maximum atomic E-state index is 13.9. The van der Waals surface area contributed by atoms with Crippen molar-refractivity contribution in [2.24, 2.45) is 0 Å². The molecule has 0 aliphatic carbocycles. The van der Waals surface area contributed by atoms with Gasteiger partial charge >= 0.3 is 5.97 Å². The third kappa shape index (κ3) is 6.24. The number of aliphatic hydroxyl groups excluding tert-OH is 1. The molecule has 0 saturated carbocycles. The lowest BCUT2D eigenvalue weighted by molar-refractivity contribution is -0.143. The van der Waals surface area contributed by atoms with Gasteiger partial charge in [-0.25, -0.2) is 4.39 Å². The Kier molecular flexibility index (Phi) is 7.20. The SMILES string of the molecule is CCOC(=O)CCc1ccc(C#C/C(C)=C\CO)cc1F. The van der Waals surface area contributed by atoms with Gasteiger partial charge in [0.05, 0.1) is 13.2 Å². The highest BCUT2D eigenvalue weighted by atomic mass is 19.1. The monoisotopic (exact) mass is 290 g/mol. The molecule has 0 bridgehead atoms. The Hall–Kier alpha value is -2.12. The Labute approximate surface area is 124 Å². The molecule has 0 spiro atoms. The molecule has 0 saturated heterocycles. The van der Waals surface area contributed by atoms with Crippen LogP contribution in [0.15, 0.2) is 29.8 Å². The number of ether oxygens (including phenoxy) is 1. The van der Waals surface area contributed by atoms with Crippen LogP contribution in [0.2, 0.25) is 0 Å². The third-order valence-corrected chi connectivity index (χ3v) is 2.76. The highest BCUT2D eigenvalue weighted by Crippen LogP contribution is 2.12. The number of benzene rings is 1. The second-order valence-electron chi connectivity index (χ2n) is 4.43. The summed E-state index contributed by atoms with van der Waals surface area (Å²) in [5, 5.41) is 8.71. The number of halogens is 1. The van der Waals surface area contributed by atoms with E-state index < -0.39 is 0 Å². The van der Waals surface area contributed by atoms with Crippen LogP contribution >= 0.6 is 0 Å². The van der Waals surface area contributed by atoms with Crippen LogP contribution in [0.4, 0.5) is 4.39 Å². The average molecular weight is 290 g/mol. The fourth-order valence-electron chi connectivity index (χ4n) is 1.66. The third-order valence-electron chi connectivity index (χ3n) is 2.76. The molecule has 0 aliphatic rings. The van der Waals surface area contributed by atoms with Crippen LogP contribution in [0.3, 0.4) is 0 Å². The summed E-state index contributed by atoms with van der Waals surface area (Å²) in [6, 6.07) is 4.69. The van der Waals surface area contributed by atoms with Gasteiger partial charge in [0, 0.05) is 12.0 Å². The fourth-order valence-corrected chi connectivity index (χ4v) is 1.66. The van der Waals surface area contributed by atoms with Gasteiger partial charge in [-0.1, -0.05) is 17.9 Å². The zero-order valence-electron chi connectivity index (χ0n) is 12.3. The van der Waals surface area contributed by atoms with Crippen molar-refractivity contribution < 1.29 is 19.0 Å². The van der Waals surface area contributed by atoms with Crippen LogP contribution < -0.4 is 0 Å². The first-order chi connectivity index (χ1) is 10.1. The number of allylic oxidation sites excluding steroid dienone is 1. The van der Waals surface area contributed by atoms with Gasteiger partial charge < -0.3 is 9.84 Å². The fraction of sp³-hybridized carbons (Fsp3) is 0.353. The van der Waals surface area contributed by atoms with Gasteiger partial charge in [-0.3, -0.25) is 4.79 Å². The Bertz CT molecular complexity index is 579. The molecule has 0 atom stereocenters. The molecular weight excluding hydrogens is 271 g/mol. The largest absolute Gasteiger partial charge is 0.466 e. The maximum absolute atomic E-state index is 13.9. The number of carbonyl (C=O) groups is 1. The van der Waals surface area contributed by atoms with Gasteiger partial charge in [-0.15, -0.1) is 0 Å². The van der Waals surface area contributed by atoms with Gasteiger partial charge in [0.1, 0.15) is 5.82 Å². The van der Waals surface area contributed by atoms with Crippen LogP contribution in [-0.2, 0) is 16.0 Å². The first-order valence-electron chi connectivity index (χ1n) is 6.80. The number of carbonyl (C=O) groups excluding carboxylic acids is 1. The Morgan fingerprint density at radius 2 is 2.24 bits per heavy atom. The van der Waals surface area contributed by atoms with Gasteiger partial charge in [0.15, 0.2) is 0 Å². The van der Waals surface area contributed by atoms with Crippen LogP contribution in [0.25, 0.3) is 0 Å². The second kappa shape index (κ2) is 8.93. The molecule has 4 heteroatoms. The van der Waals surface area contributed by atoms with E-state index in [0.29, 0.717) is 24.2 Å². The lowest BCUT2D eigenvalue weighted by Gasteiger charge is -2.04. The number of aliphatic hydroxyl groups is 1. The smallest absolute Gasteiger partial charge is 0.306 e. The van der Waals surface area contributed by atoms with E-state index in [9.17, 15) is 9.18 Å². The van der Waals surface area contributed by atoms with Crippen molar-refractivity contribution in [2.45, 2.75) is 26.7 Å². The van der Waals surface area contributed by atoms with E-state index in [1.54, 1.807) is 32.1 Å². The predicted octanol–water partition coefficient (Wildman–Crippen LogP) is 2.61. The molecule has 0 radical (unpaired) electrons. The molecule has 1 N–H and O–H groups in total. The van der Waals surface area contributed by atoms with Crippen LogP contribution in [0, 0.1) is 17.7 Å². The van der Waals surface area contributed by atoms with Gasteiger partial charge in [0.2, 0.25) is 0 Å². The van der Waals surface area contributed by atoms with E-state index in [-0.39, 0.29) is 24.8 Å². The molecule has 0 fully saturated rings. The quantitative estimate of drug-likeness (QED) is 0.670. The van der Waals surface area contributed by atoms with Crippen molar-refractivity contribution in [3.05, 3.63) is 46.8 Å². The lowest BCUT2D eigenvalue weighted by atomic mass is 10.1. The normalized spacial score (nSPS) is 10.8. The van der Waals surface area contributed by atoms with E-state index in [1.807, 2.05) is 0 Å². The minimum absolute atomic E-state index is 0.0678. The summed E-state index contributed by atoms with van der Waals surface area (Å²) in [5.74, 6) is 4.94. The van der Waals surface area contributed by atoms with Crippen molar-refractivity contribution in [1.82, 2.24) is 0 Å². The molecule has 3 nitrogen and oxygen atoms in total. The van der Waals surface area contributed by atoms with Crippen LogP contribution in [0.1, 0.15) is 31.4 Å². The maximum Gasteiger partial charge on any atom is 0.306 e. The lowest BCUT2D eigenvalue weighted by Crippen LogP contribution is -2.06. The summed E-state index contributed by atoms with van der Waals surface area (Å²) in [6.45, 7) is 3.77. The van der Waals surface area contributed by atoms with Crippen molar-refractivity contribution in [3.8, 4) is 11.8 Å². The van der Waals surface area contributed by atoms with E-state index in [0.717, 1.165) is 5.57 Å².